The molecule has 0 radical (unpaired) electrons. The van der Waals surface area contributed by atoms with Crippen molar-refractivity contribution in [1.82, 2.24) is 35.2 Å². The highest BCUT2D eigenvalue weighted by molar-refractivity contribution is 5.95. The fourth-order valence-corrected chi connectivity index (χ4v) is 5.60. The van der Waals surface area contributed by atoms with Gasteiger partial charge in [-0.1, -0.05) is 35.5 Å². The Morgan fingerprint density at radius 2 is 1.74 bits per heavy atom. The molecule has 3 aliphatic rings. The summed E-state index contributed by atoms with van der Waals surface area (Å²) in [5.74, 6) is 0.995. The third-order valence-corrected chi connectivity index (χ3v) is 7.93. The Morgan fingerprint density at radius 1 is 1.03 bits per heavy atom. The number of urea groups is 1. The van der Waals surface area contributed by atoms with Gasteiger partial charge < -0.3 is 5.32 Å². The van der Waals surface area contributed by atoms with Crippen LogP contribution >= 0.6 is 0 Å². The van der Waals surface area contributed by atoms with E-state index in [1.807, 2.05) is 6.20 Å². The number of aromatic nitrogens is 5. The van der Waals surface area contributed by atoms with E-state index in [0.29, 0.717) is 24.1 Å². The maximum atomic E-state index is 13.0. The molecule has 1 aliphatic heterocycles. The van der Waals surface area contributed by atoms with E-state index in [1.54, 1.807) is 22.0 Å². The van der Waals surface area contributed by atoms with Crippen LogP contribution in [-0.4, -0.2) is 62.1 Å². The summed E-state index contributed by atoms with van der Waals surface area (Å²) in [6.07, 6.45) is 11.5. The molecule has 2 amide bonds. The molecule has 9 heteroatoms. The van der Waals surface area contributed by atoms with Crippen LogP contribution in [0.2, 0.25) is 0 Å². The lowest BCUT2D eigenvalue weighted by Crippen LogP contribution is -2.54. The highest BCUT2D eigenvalue weighted by atomic mass is 16.2. The molecule has 9 nitrogen and oxygen atoms in total. The monoisotopic (exact) mass is 458 g/mol. The molecule has 1 aromatic carbocycles. The third-order valence-electron chi connectivity index (χ3n) is 7.93. The minimum atomic E-state index is -0.227. The first-order chi connectivity index (χ1) is 16.5. The molecular weight excluding hydrogens is 428 g/mol. The highest BCUT2D eigenvalue weighted by Gasteiger charge is 2.50. The zero-order chi connectivity index (χ0) is 23.3. The van der Waals surface area contributed by atoms with E-state index in [2.05, 4.69) is 74.9 Å². The van der Waals surface area contributed by atoms with Crippen molar-refractivity contribution in [1.29, 1.82) is 0 Å². The summed E-state index contributed by atoms with van der Waals surface area (Å²) in [4.78, 5) is 26.0. The van der Waals surface area contributed by atoms with Crippen LogP contribution in [0.15, 0.2) is 48.9 Å². The Hall–Kier alpha value is -3.33. The molecule has 1 spiro atoms. The van der Waals surface area contributed by atoms with Gasteiger partial charge >= 0.3 is 6.03 Å². The Balaban J connectivity index is 1.17. The number of hydrogen-bond donors (Lipinski definition) is 1. The first-order valence-electron chi connectivity index (χ1n) is 12.1. The van der Waals surface area contributed by atoms with E-state index in [0.717, 1.165) is 31.4 Å². The van der Waals surface area contributed by atoms with Crippen LogP contribution in [0.1, 0.15) is 55.7 Å². The van der Waals surface area contributed by atoms with Crippen LogP contribution in [0.5, 0.6) is 0 Å². The quantitative estimate of drug-likeness (QED) is 0.631. The molecule has 1 N–H and O–H groups in total. The van der Waals surface area contributed by atoms with E-state index >= 15 is 0 Å². The van der Waals surface area contributed by atoms with Crippen LogP contribution < -0.4 is 10.2 Å². The summed E-state index contributed by atoms with van der Waals surface area (Å²) in [7, 11) is 4.32. The van der Waals surface area contributed by atoms with E-state index in [1.165, 1.54) is 18.4 Å². The van der Waals surface area contributed by atoms with Gasteiger partial charge in [-0.15, -0.1) is 5.10 Å². The zero-order valence-electron chi connectivity index (χ0n) is 19.7. The molecule has 0 bridgehead atoms. The minimum Gasteiger partial charge on any atom is -0.330 e. The second-order valence-electron chi connectivity index (χ2n) is 10.2. The number of benzene rings is 1. The summed E-state index contributed by atoms with van der Waals surface area (Å²) in [6.45, 7) is 0.627. The lowest BCUT2D eigenvalue weighted by atomic mass is 9.69. The maximum absolute atomic E-state index is 13.0. The van der Waals surface area contributed by atoms with Gasteiger partial charge in [0.25, 0.3) is 5.95 Å². The molecule has 176 valence electrons. The Labute approximate surface area is 199 Å². The number of nitrogens with one attached hydrogen (secondary N) is 1. The summed E-state index contributed by atoms with van der Waals surface area (Å²) in [6, 6.07) is 10.6. The predicted molar refractivity (Wildman–Crippen MR) is 128 cm³/mol. The largest absolute Gasteiger partial charge is 0.330 e. The second-order valence-corrected chi connectivity index (χ2v) is 10.2. The molecule has 3 aromatic rings. The average Bonchev–Trinajstić information content (AvgIpc) is 3.50. The first kappa shape index (κ1) is 21.2. The van der Waals surface area contributed by atoms with Gasteiger partial charge in [-0.2, -0.15) is 4.68 Å². The van der Waals surface area contributed by atoms with Crippen molar-refractivity contribution in [3.63, 3.8) is 0 Å². The molecule has 2 aromatic heterocycles. The van der Waals surface area contributed by atoms with Crippen LogP contribution in [0.25, 0.3) is 5.95 Å². The number of rotatable bonds is 5. The van der Waals surface area contributed by atoms with Gasteiger partial charge in [0.15, 0.2) is 0 Å². The fourth-order valence-electron chi connectivity index (χ4n) is 5.60. The van der Waals surface area contributed by atoms with Crippen LogP contribution in [0.4, 0.5) is 10.5 Å². The SMILES string of the molecule is CN(C)[C@]1(c2ccccc2)CC[C@@]2(CC1)CN(c1cnc(-n3cc(C4CC4)nn3)nc1)C(=O)N2. The van der Waals surface area contributed by atoms with Crippen molar-refractivity contribution in [2.75, 3.05) is 25.5 Å². The molecule has 0 unspecified atom stereocenters. The van der Waals surface area contributed by atoms with Gasteiger partial charge in [-0.3, -0.25) is 9.80 Å². The number of nitrogens with zero attached hydrogens (tertiary/aromatic N) is 7. The van der Waals surface area contributed by atoms with Crippen LogP contribution in [-0.2, 0) is 5.54 Å². The van der Waals surface area contributed by atoms with Gasteiger partial charge in [-0.25, -0.2) is 14.8 Å². The van der Waals surface area contributed by atoms with Crippen molar-refractivity contribution < 1.29 is 4.79 Å². The van der Waals surface area contributed by atoms with E-state index in [9.17, 15) is 4.79 Å². The van der Waals surface area contributed by atoms with Crippen molar-refractivity contribution >= 4 is 11.7 Å². The van der Waals surface area contributed by atoms with E-state index in [4.69, 9.17) is 0 Å². The number of anilines is 1. The van der Waals surface area contributed by atoms with Gasteiger partial charge in [0.05, 0.1) is 42.1 Å². The smallest absolute Gasteiger partial charge is 0.322 e. The number of carbonyl (C=O) groups excluding carboxylic acids is 1. The van der Waals surface area contributed by atoms with E-state index in [-0.39, 0.29) is 17.1 Å². The first-order valence-corrected chi connectivity index (χ1v) is 12.1. The third kappa shape index (κ3) is 3.55. The van der Waals surface area contributed by atoms with Gasteiger partial charge in [0, 0.05) is 11.5 Å². The number of amides is 2. The van der Waals surface area contributed by atoms with Crippen LogP contribution in [0.3, 0.4) is 0 Å². The molecular formula is C25H30N8O. The van der Waals surface area contributed by atoms with Crippen molar-refractivity contribution in [2.45, 2.75) is 55.5 Å². The van der Waals surface area contributed by atoms with Crippen molar-refractivity contribution in [3.05, 3.63) is 60.2 Å². The molecule has 3 fully saturated rings. The molecule has 6 rings (SSSR count). The maximum Gasteiger partial charge on any atom is 0.322 e. The zero-order valence-corrected chi connectivity index (χ0v) is 19.7. The van der Waals surface area contributed by atoms with Gasteiger partial charge in [0.2, 0.25) is 0 Å². The number of carbonyl (C=O) groups is 1. The van der Waals surface area contributed by atoms with Crippen molar-refractivity contribution in [3.8, 4) is 5.95 Å². The molecule has 34 heavy (non-hydrogen) atoms. The minimum absolute atomic E-state index is 0.00740. The molecule has 0 atom stereocenters. The van der Waals surface area contributed by atoms with Crippen LogP contribution in [0, 0.1) is 0 Å². The van der Waals surface area contributed by atoms with Gasteiger partial charge in [0.1, 0.15) is 0 Å². The number of hydrogen-bond acceptors (Lipinski definition) is 6. The normalized spacial score (nSPS) is 26.9. The lowest BCUT2D eigenvalue weighted by molar-refractivity contribution is 0.0658. The molecule has 2 saturated carbocycles. The standard InChI is InChI=1S/C25H30N8O/c1-31(2)25(19-6-4-3-5-7-19)12-10-24(11-13-25)17-32(23(34)28-24)20-14-26-22(27-15-20)33-16-21(29-30-33)18-8-9-18/h3-7,14-16,18H,8-13,17H2,1-2H3,(H,28,34)/t24-,25-. The Morgan fingerprint density at radius 3 is 2.38 bits per heavy atom. The molecule has 3 heterocycles. The fraction of sp³-hybridized carbons (Fsp3) is 0.480. The predicted octanol–water partition coefficient (Wildman–Crippen LogP) is 3.23. The molecule has 2 aliphatic carbocycles. The summed E-state index contributed by atoms with van der Waals surface area (Å²) < 4.78 is 1.61. The van der Waals surface area contributed by atoms with Gasteiger partial charge in [-0.05, 0) is 58.2 Å². The highest BCUT2D eigenvalue weighted by Crippen LogP contribution is 2.46. The summed E-state index contributed by atoms with van der Waals surface area (Å²) in [5.41, 5.74) is 2.81. The average molecular weight is 459 g/mol. The van der Waals surface area contributed by atoms with Crippen molar-refractivity contribution in [2.24, 2.45) is 0 Å². The lowest BCUT2D eigenvalue weighted by Gasteiger charge is -2.48. The summed E-state index contributed by atoms with van der Waals surface area (Å²) >= 11 is 0. The second kappa shape index (κ2) is 7.87. The Kier molecular flexibility index (Phi) is 4.91. The Bertz CT molecular complexity index is 1180. The van der Waals surface area contributed by atoms with E-state index < -0.39 is 0 Å². The molecule has 1 saturated heterocycles. The topological polar surface area (TPSA) is 92.1 Å². The summed E-state index contributed by atoms with van der Waals surface area (Å²) in [5, 5.41) is 11.7.